The molecule has 5 heteroatoms. The van der Waals surface area contributed by atoms with Gasteiger partial charge in [-0.25, -0.2) is 8.78 Å². The Kier molecular flexibility index (Phi) is 5.29. The minimum Gasteiger partial charge on any atom is -0.313 e. The Hall–Kier alpha value is -0.780. The third-order valence-electron chi connectivity index (χ3n) is 3.06. The molecule has 2 aromatic carbocycles. The van der Waals surface area contributed by atoms with Crippen LogP contribution in [0.3, 0.4) is 0 Å². The minimum absolute atomic E-state index is 0.0219. The number of rotatable bonds is 4. The molecule has 0 aromatic heterocycles. The van der Waals surface area contributed by atoms with Crippen molar-refractivity contribution < 1.29 is 8.78 Å². The second-order valence-corrected chi connectivity index (χ2v) is 6.33. The molecule has 0 heterocycles. The van der Waals surface area contributed by atoms with Gasteiger partial charge >= 0.3 is 0 Å². The van der Waals surface area contributed by atoms with E-state index in [9.17, 15) is 8.78 Å². The SMILES string of the molecule is CNC(Cc1ccc(F)c(F)c1)c1cc(Br)cc(Br)c1. The van der Waals surface area contributed by atoms with Gasteiger partial charge in [-0.2, -0.15) is 0 Å². The fraction of sp³-hybridized carbons (Fsp3) is 0.200. The molecule has 20 heavy (non-hydrogen) atoms. The van der Waals surface area contributed by atoms with Crippen molar-refractivity contribution in [3.8, 4) is 0 Å². The molecule has 0 saturated carbocycles. The van der Waals surface area contributed by atoms with Gasteiger partial charge in [0.05, 0.1) is 0 Å². The zero-order chi connectivity index (χ0) is 14.7. The van der Waals surface area contributed by atoms with E-state index >= 15 is 0 Å². The average Bonchev–Trinajstić information content (AvgIpc) is 2.38. The molecule has 0 aliphatic heterocycles. The highest BCUT2D eigenvalue weighted by atomic mass is 79.9. The van der Waals surface area contributed by atoms with E-state index in [1.165, 1.54) is 6.07 Å². The average molecular weight is 405 g/mol. The highest BCUT2D eigenvalue weighted by Crippen LogP contribution is 2.26. The highest BCUT2D eigenvalue weighted by Gasteiger charge is 2.13. The molecule has 0 radical (unpaired) electrons. The summed E-state index contributed by atoms with van der Waals surface area (Å²) >= 11 is 6.90. The Morgan fingerprint density at radius 1 is 1.00 bits per heavy atom. The van der Waals surface area contributed by atoms with E-state index in [0.29, 0.717) is 6.42 Å². The Morgan fingerprint density at radius 3 is 2.20 bits per heavy atom. The molecule has 1 nitrogen and oxygen atoms in total. The van der Waals surface area contributed by atoms with E-state index in [0.717, 1.165) is 26.1 Å². The lowest BCUT2D eigenvalue weighted by Crippen LogP contribution is -2.19. The molecule has 0 saturated heterocycles. The van der Waals surface area contributed by atoms with Crippen LogP contribution in [-0.4, -0.2) is 7.05 Å². The van der Waals surface area contributed by atoms with E-state index in [4.69, 9.17) is 0 Å². The maximum absolute atomic E-state index is 13.3. The molecule has 0 spiro atoms. The van der Waals surface area contributed by atoms with Crippen LogP contribution in [0.1, 0.15) is 17.2 Å². The molecule has 0 bridgehead atoms. The monoisotopic (exact) mass is 403 g/mol. The number of hydrogen-bond donors (Lipinski definition) is 1. The van der Waals surface area contributed by atoms with Crippen molar-refractivity contribution in [3.05, 3.63) is 68.1 Å². The summed E-state index contributed by atoms with van der Waals surface area (Å²) in [6.45, 7) is 0. The largest absolute Gasteiger partial charge is 0.313 e. The quantitative estimate of drug-likeness (QED) is 0.756. The van der Waals surface area contributed by atoms with Gasteiger partial charge in [-0.1, -0.05) is 37.9 Å². The van der Waals surface area contributed by atoms with Gasteiger partial charge in [-0.15, -0.1) is 0 Å². The molecule has 1 N–H and O–H groups in total. The minimum atomic E-state index is -0.819. The molecule has 106 valence electrons. The normalized spacial score (nSPS) is 12.4. The first-order chi connectivity index (χ1) is 9.49. The Morgan fingerprint density at radius 2 is 1.65 bits per heavy atom. The predicted octanol–water partition coefficient (Wildman–Crippen LogP) is 4.99. The summed E-state index contributed by atoms with van der Waals surface area (Å²) in [4.78, 5) is 0. The topological polar surface area (TPSA) is 12.0 Å². The highest BCUT2D eigenvalue weighted by molar-refractivity contribution is 9.11. The Labute approximate surface area is 133 Å². The molecule has 2 rings (SSSR count). The summed E-state index contributed by atoms with van der Waals surface area (Å²) in [5.74, 6) is -1.63. The lowest BCUT2D eigenvalue weighted by atomic mass is 9.99. The zero-order valence-electron chi connectivity index (χ0n) is 10.8. The van der Waals surface area contributed by atoms with Gasteiger partial charge < -0.3 is 5.32 Å². The third-order valence-corrected chi connectivity index (χ3v) is 3.98. The number of benzene rings is 2. The summed E-state index contributed by atoms with van der Waals surface area (Å²) in [5, 5.41) is 3.20. The van der Waals surface area contributed by atoms with E-state index < -0.39 is 11.6 Å². The molecule has 0 fully saturated rings. The first-order valence-electron chi connectivity index (χ1n) is 6.07. The molecular formula is C15H13Br2F2N. The first-order valence-corrected chi connectivity index (χ1v) is 7.65. The molecule has 2 aromatic rings. The van der Waals surface area contributed by atoms with Gasteiger partial charge in [0.2, 0.25) is 0 Å². The Balaban J connectivity index is 2.26. The van der Waals surface area contributed by atoms with E-state index in [2.05, 4.69) is 37.2 Å². The van der Waals surface area contributed by atoms with Crippen LogP contribution in [0.2, 0.25) is 0 Å². The van der Waals surface area contributed by atoms with E-state index in [1.807, 2.05) is 25.2 Å². The second-order valence-electron chi connectivity index (χ2n) is 4.50. The summed E-state index contributed by atoms with van der Waals surface area (Å²) in [6, 6.07) is 10.00. The lowest BCUT2D eigenvalue weighted by molar-refractivity contribution is 0.504. The van der Waals surface area contributed by atoms with Crippen LogP contribution in [-0.2, 0) is 6.42 Å². The zero-order valence-corrected chi connectivity index (χ0v) is 13.9. The summed E-state index contributed by atoms with van der Waals surface area (Å²) in [5.41, 5.74) is 1.82. The number of halogens is 4. The number of nitrogens with one attached hydrogen (secondary N) is 1. The molecule has 1 atom stereocenters. The number of likely N-dealkylation sites (N-methyl/N-ethyl adjacent to an activating group) is 1. The van der Waals surface area contributed by atoms with Crippen molar-refractivity contribution in [2.24, 2.45) is 0 Å². The summed E-state index contributed by atoms with van der Waals surface area (Å²) in [6.07, 6.45) is 0.580. The predicted molar refractivity (Wildman–Crippen MR) is 83.7 cm³/mol. The van der Waals surface area contributed by atoms with Crippen LogP contribution in [0, 0.1) is 11.6 Å². The van der Waals surface area contributed by atoms with Gasteiger partial charge in [-0.3, -0.25) is 0 Å². The van der Waals surface area contributed by atoms with Crippen molar-refractivity contribution in [1.29, 1.82) is 0 Å². The van der Waals surface area contributed by atoms with E-state index in [1.54, 1.807) is 6.07 Å². The first kappa shape index (κ1) is 15.6. The fourth-order valence-electron chi connectivity index (χ4n) is 2.07. The molecular weight excluding hydrogens is 392 g/mol. The van der Waals surface area contributed by atoms with E-state index in [-0.39, 0.29) is 6.04 Å². The smallest absolute Gasteiger partial charge is 0.159 e. The third kappa shape index (κ3) is 3.87. The molecule has 0 aliphatic rings. The van der Waals surface area contributed by atoms with Crippen LogP contribution >= 0.6 is 31.9 Å². The van der Waals surface area contributed by atoms with Crippen molar-refractivity contribution in [3.63, 3.8) is 0 Å². The molecule has 0 aliphatic carbocycles. The van der Waals surface area contributed by atoms with Crippen molar-refractivity contribution in [1.82, 2.24) is 5.32 Å². The summed E-state index contributed by atoms with van der Waals surface area (Å²) < 4.78 is 28.1. The van der Waals surface area contributed by atoms with Gasteiger partial charge in [0, 0.05) is 15.0 Å². The van der Waals surface area contributed by atoms with Crippen LogP contribution in [0.5, 0.6) is 0 Å². The van der Waals surface area contributed by atoms with Gasteiger partial charge in [0.25, 0.3) is 0 Å². The second kappa shape index (κ2) is 6.78. The lowest BCUT2D eigenvalue weighted by Gasteiger charge is -2.18. The fourth-order valence-corrected chi connectivity index (χ4v) is 3.39. The van der Waals surface area contributed by atoms with Crippen molar-refractivity contribution in [2.75, 3.05) is 7.05 Å². The van der Waals surface area contributed by atoms with Gasteiger partial charge in [0.1, 0.15) is 0 Å². The standard InChI is InChI=1S/C15H13Br2F2N/c1-20-15(10-6-11(16)8-12(17)7-10)5-9-2-3-13(18)14(19)4-9/h2-4,6-8,15,20H,5H2,1H3. The van der Waals surface area contributed by atoms with Crippen molar-refractivity contribution >= 4 is 31.9 Å². The van der Waals surface area contributed by atoms with Gasteiger partial charge in [-0.05, 0) is 54.9 Å². The van der Waals surface area contributed by atoms with Crippen LogP contribution in [0.25, 0.3) is 0 Å². The molecule has 0 amide bonds. The molecule has 1 unspecified atom stereocenters. The summed E-state index contributed by atoms with van der Waals surface area (Å²) in [7, 11) is 1.85. The Bertz CT molecular complexity index is 597. The van der Waals surface area contributed by atoms with Crippen LogP contribution in [0.15, 0.2) is 45.3 Å². The maximum atomic E-state index is 13.3. The van der Waals surface area contributed by atoms with Crippen LogP contribution in [0.4, 0.5) is 8.78 Å². The van der Waals surface area contributed by atoms with Gasteiger partial charge in [0.15, 0.2) is 11.6 Å². The van der Waals surface area contributed by atoms with Crippen LogP contribution < -0.4 is 5.32 Å². The number of hydrogen-bond acceptors (Lipinski definition) is 1. The van der Waals surface area contributed by atoms with Crippen molar-refractivity contribution in [2.45, 2.75) is 12.5 Å². The maximum Gasteiger partial charge on any atom is 0.159 e.